The van der Waals surface area contributed by atoms with Gasteiger partial charge in [0.1, 0.15) is 5.60 Å². The highest BCUT2D eigenvalue weighted by Gasteiger charge is 2.25. The molecule has 0 atom stereocenters. The summed E-state index contributed by atoms with van der Waals surface area (Å²) in [6.45, 7) is 13.8. The van der Waals surface area contributed by atoms with Crippen LogP contribution in [-0.4, -0.2) is 60.8 Å². The molecule has 1 fully saturated rings. The minimum absolute atomic E-state index is 0.205. The normalized spacial score (nSPS) is 16.1. The molecule has 0 aromatic heterocycles. The highest BCUT2D eigenvalue weighted by Crippen LogP contribution is 2.15. The topological polar surface area (TPSA) is 44.8 Å². The largest absolute Gasteiger partial charge is 0.444 e. The highest BCUT2D eigenvalue weighted by atomic mass is 35.5. The third kappa shape index (κ3) is 6.84. The molecule has 6 heteroatoms. The van der Waals surface area contributed by atoms with Crippen LogP contribution in [0.4, 0.5) is 4.79 Å². The molecule has 1 N–H and O–H groups in total. The van der Waals surface area contributed by atoms with E-state index in [0.29, 0.717) is 0 Å². The number of aryl methyl sites for hydroxylation is 1. The highest BCUT2D eigenvalue weighted by molar-refractivity contribution is 6.30. The van der Waals surface area contributed by atoms with Crippen molar-refractivity contribution in [1.82, 2.24) is 15.1 Å². The maximum Gasteiger partial charge on any atom is 0.410 e. The monoisotopic (exact) mass is 367 g/mol. The fraction of sp³-hybridized carbons (Fsp3) is 0.632. The van der Waals surface area contributed by atoms with Gasteiger partial charge in [0.2, 0.25) is 0 Å². The maximum atomic E-state index is 12.1. The number of piperazine rings is 1. The molecule has 0 bridgehead atoms. The van der Waals surface area contributed by atoms with E-state index in [0.717, 1.165) is 50.8 Å². The van der Waals surface area contributed by atoms with E-state index < -0.39 is 5.60 Å². The van der Waals surface area contributed by atoms with Crippen LogP contribution in [0.25, 0.3) is 0 Å². The lowest BCUT2D eigenvalue weighted by Gasteiger charge is -2.35. The van der Waals surface area contributed by atoms with Crippen LogP contribution < -0.4 is 5.32 Å². The SMILES string of the molecule is Cc1cc(Cl)ccc1CNCCN1CCN(C(=O)OC(C)(C)C)CC1. The number of nitrogens with zero attached hydrogens (tertiary/aromatic N) is 2. The molecule has 1 saturated heterocycles. The summed E-state index contributed by atoms with van der Waals surface area (Å²) in [5, 5.41) is 4.27. The van der Waals surface area contributed by atoms with Gasteiger partial charge in [-0.3, -0.25) is 4.90 Å². The molecule has 5 nitrogen and oxygen atoms in total. The second-order valence-electron chi connectivity index (χ2n) is 7.56. The molecule has 2 rings (SSSR count). The van der Waals surface area contributed by atoms with Gasteiger partial charge in [-0.15, -0.1) is 0 Å². The zero-order valence-corrected chi connectivity index (χ0v) is 16.5. The summed E-state index contributed by atoms with van der Waals surface area (Å²) in [7, 11) is 0. The number of hydrogen-bond acceptors (Lipinski definition) is 4. The molecule has 1 heterocycles. The Hall–Kier alpha value is -1.30. The molecule has 0 radical (unpaired) electrons. The molecule has 1 aliphatic heterocycles. The van der Waals surface area contributed by atoms with E-state index in [1.165, 1.54) is 11.1 Å². The van der Waals surface area contributed by atoms with Gasteiger partial charge in [0.15, 0.2) is 0 Å². The predicted molar refractivity (Wildman–Crippen MR) is 102 cm³/mol. The Morgan fingerprint density at radius 3 is 2.52 bits per heavy atom. The summed E-state index contributed by atoms with van der Waals surface area (Å²) in [6.07, 6.45) is -0.205. The van der Waals surface area contributed by atoms with Gasteiger partial charge >= 0.3 is 6.09 Å². The third-order valence-corrected chi connectivity index (χ3v) is 4.48. The number of ether oxygens (including phenoxy) is 1. The van der Waals surface area contributed by atoms with Crippen LogP contribution in [0.5, 0.6) is 0 Å². The number of hydrogen-bond donors (Lipinski definition) is 1. The van der Waals surface area contributed by atoms with Crippen LogP contribution in [0.3, 0.4) is 0 Å². The predicted octanol–water partition coefficient (Wildman–Crippen LogP) is 3.29. The maximum absolute atomic E-state index is 12.1. The Bertz CT molecular complexity index is 579. The molecule has 0 saturated carbocycles. The van der Waals surface area contributed by atoms with Crippen molar-refractivity contribution in [3.05, 3.63) is 34.3 Å². The smallest absolute Gasteiger partial charge is 0.410 e. The summed E-state index contributed by atoms with van der Waals surface area (Å²) in [5.74, 6) is 0. The van der Waals surface area contributed by atoms with Crippen molar-refractivity contribution in [2.24, 2.45) is 0 Å². The number of amides is 1. The number of halogens is 1. The van der Waals surface area contributed by atoms with E-state index in [2.05, 4.69) is 23.2 Å². The minimum atomic E-state index is -0.433. The molecular weight excluding hydrogens is 338 g/mol. The summed E-state index contributed by atoms with van der Waals surface area (Å²) in [4.78, 5) is 16.2. The van der Waals surface area contributed by atoms with Crippen molar-refractivity contribution < 1.29 is 9.53 Å². The zero-order valence-electron chi connectivity index (χ0n) is 15.8. The Labute approximate surface area is 156 Å². The Morgan fingerprint density at radius 1 is 1.24 bits per heavy atom. The van der Waals surface area contributed by atoms with Gasteiger partial charge < -0.3 is 15.0 Å². The molecule has 1 aromatic carbocycles. The lowest BCUT2D eigenvalue weighted by atomic mass is 10.1. The van der Waals surface area contributed by atoms with Gasteiger partial charge in [0.05, 0.1) is 0 Å². The van der Waals surface area contributed by atoms with Crippen molar-refractivity contribution in [1.29, 1.82) is 0 Å². The quantitative estimate of drug-likeness (QED) is 0.811. The van der Waals surface area contributed by atoms with Crippen molar-refractivity contribution in [3.8, 4) is 0 Å². The summed E-state index contributed by atoms with van der Waals surface area (Å²) < 4.78 is 5.43. The van der Waals surface area contributed by atoms with Gasteiger partial charge in [0, 0.05) is 50.8 Å². The van der Waals surface area contributed by atoms with E-state index in [1.54, 1.807) is 4.90 Å². The number of nitrogens with one attached hydrogen (secondary N) is 1. The van der Waals surface area contributed by atoms with Crippen LogP contribution in [0, 0.1) is 6.92 Å². The number of carbonyl (C=O) groups is 1. The van der Waals surface area contributed by atoms with Gasteiger partial charge in [-0.05, 0) is 51.0 Å². The van der Waals surface area contributed by atoms with Crippen molar-refractivity contribution in [2.45, 2.75) is 39.8 Å². The lowest BCUT2D eigenvalue weighted by molar-refractivity contribution is 0.0146. The standard InChI is InChI=1S/C19H30ClN3O2/c1-15-13-17(20)6-5-16(15)14-21-7-8-22-9-11-23(12-10-22)18(24)25-19(2,3)4/h5-6,13,21H,7-12,14H2,1-4H3. The number of carbonyl (C=O) groups excluding carboxylic acids is 1. The van der Waals surface area contributed by atoms with Crippen molar-refractivity contribution >= 4 is 17.7 Å². The summed E-state index contributed by atoms with van der Waals surface area (Å²) in [6, 6.07) is 6.00. The van der Waals surface area contributed by atoms with Gasteiger partial charge in [-0.2, -0.15) is 0 Å². The Morgan fingerprint density at radius 2 is 1.92 bits per heavy atom. The average molecular weight is 368 g/mol. The van der Waals surface area contributed by atoms with Crippen LogP contribution in [0.2, 0.25) is 5.02 Å². The molecule has 0 spiro atoms. The molecule has 1 aliphatic rings. The van der Waals surface area contributed by atoms with Gasteiger partial charge in [0.25, 0.3) is 0 Å². The molecule has 25 heavy (non-hydrogen) atoms. The molecule has 1 aromatic rings. The van der Waals surface area contributed by atoms with E-state index in [9.17, 15) is 4.79 Å². The fourth-order valence-corrected chi connectivity index (χ4v) is 3.03. The first-order chi connectivity index (χ1) is 11.7. The molecule has 0 unspecified atom stereocenters. The van der Waals surface area contributed by atoms with E-state index >= 15 is 0 Å². The van der Waals surface area contributed by atoms with Gasteiger partial charge in [-0.1, -0.05) is 17.7 Å². The lowest BCUT2D eigenvalue weighted by Crippen LogP contribution is -2.51. The second kappa shape index (κ2) is 8.88. The first-order valence-corrected chi connectivity index (χ1v) is 9.28. The average Bonchev–Trinajstić information content (AvgIpc) is 2.52. The van der Waals surface area contributed by atoms with E-state index in [4.69, 9.17) is 16.3 Å². The van der Waals surface area contributed by atoms with Crippen molar-refractivity contribution in [3.63, 3.8) is 0 Å². The number of benzene rings is 1. The number of rotatable bonds is 5. The van der Waals surface area contributed by atoms with E-state index in [1.807, 2.05) is 32.9 Å². The van der Waals surface area contributed by atoms with E-state index in [-0.39, 0.29) is 6.09 Å². The molecule has 140 valence electrons. The first-order valence-electron chi connectivity index (χ1n) is 8.90. The van der Waals surface area contributed by atoms with Crippen LogP contribution in [0.15, 0.2) is 18.2 Å². The summed E-state index contributed by atoms with van der Waals surface area (Å²) >= 11 is 5.99. The Balaban J connectivity index is 1.65. The van der Waals surface area contributed by atoms with Crippen LogP contribution >= 0.6 is 11.6 Å². The van der Waals surface area contributed by atoms with Crippen LogP contribution in [-0.2, 0) is 11.3 Å². The Kier molecular flexibility index (Phi) is 7.11. The molecule has 0 aliphatic carbocycles. The first kappa shape index (κ1) is 20.0. The van der Waals surface area contributed by atoms with Gasteiger partial charge in [-0.25, -0.2) is 4.79 Å². The zero-order chi connectivity index (χ0) is 18.4. The second-order valence-corrected chi connectivity index (χ2v) is 7.99. The van der Waals surface area contributed by atoms with Crippen molar-refractivity contribution in [2.75, 3.05) is 39.3 Å². The third-order valence-electron chi connectivity index (χ3n) is 4.25. The fourth-order valence-electron chi connectivity index (χ4n) is 2.80. The minimum Gasteiger partial charge on any atom is -0.444 e. The molecular formula is C19H30ClN3O2. The summed E-state index contributed by atoms with van der Waals surface area (Å²) in [5.41, 5.74) is 2.06. The van der Waals surface area contributed by atoms with Crippen LogP contribution in [0.1, 0.15) is 31.9 Å². The molecule has 1 amide bonds.